The Bertz CT molecular complexity index is 783. The van der Waals surface area contributed by atoms with E-state index in [-0.39, 0.29) is 6.61 Å². The average Bonchev–Trinajstić information content (AvgIpc) is 3.06. The fraction of sp³-hybridized carbons (Fsp3) is 0.912. The highest BCUT2D eigenvalue weighted by atomic mass is 16.6. The highest BCUT2D eigenvalue weighted by molar-refractivity contribution is 5.81. The second-order valence-corrected chi connectivity index (χ2v) is 13.5. The van der Waals surface area contributed by atoms with Crippen LogP contribution in [0.2, 0.25) is 0 Å². The molecule has 0 fully saturated rings. The minimum atomic E-state index is -1.66. The van der Waals surface area contributed by atoms with E-state index >= 15 is 0 Å². The maximum absolute atomic E-state index is 13.5. The number of rotatable bonds is 28. The summed E-state index contributed by atoms with van der Waals surface area (Å²) in [6.45, 7) is 7.45. The zero-order valence-corrected chi connectivity index (χ0v) is 29.0. The first-order valence-corrected chi connectivity index (χ1v) is 16.8. The summed E-state index contributed by atoms with van der Waals surface area (Å²) in [5.74, 6) is -2.66. The molecule has 0 bridgehead atoms. The number of unbranched alkanes of at least 4 members (excludes halogenated alkanes) is 9. The molecule has 0 saturated carbocycles. The van der Waals surface area contributed by atoms with Gasteiger partial charge in [0.1, 0.15) is 29.5 Å². The second kappa shape index (κ2) is 22.7. The van der Waals surface area contributed by atoms with Crippen LogP contribution in [0.1, 0.15) is 119 Å². The van der Waals surface area contributed by atoms with Gasteiger partial charge in [-0.3, -0.25) is 14.4 Å². The van der Waals surface area contributed by atoms with Crippen molar-refractivity contribution >= 4 is 17.9 Å². The van der Waals surface area contributed by atoms with Crippen molar-refractivity contribution in [2.24, 2.45) is 21.7 Å². The molecule has 0 aromatic carbocycles. The van der Waals surface area contributed by atoms with Crippen molar-refractivity contribution in [3.8, 4) is 0 Å². The molecule has 0 saturated heterocycles. The zero-order valence-electron chi connectivity index (χ0n) is 29.0. The number of carbonyl (C=O) groups excluding carboxylic acids is 3. The van der Waals surface area contributed by atoms with Crippen molar-refractivity contribution in [3.63, 3.8) is 0 Å². The molecule has 0 aromatic rings. The molecule has 0 radical (unpaired) electrons. The van der Waals surface area contributed by atoms with Crippen LogP contribution in [0.4, 0.5) is 0 Å². The molecule has 0 amide bonds. The average molecular weight is 649 g/mol. The van der Waals surface area contributed by atoms with Crippen molar-refractivity contribution in [2.75, 3.05) is 59.5 Å². The van der Waals surface area contributed by atoms with Gasteiger partial charge in [-0.05, 0) is 40.0 Å². The summed E-state index contributed by atoms with van der Waals surface area (Å²) in [4.78, 5) is 38.7. The Balaban J connectivity index is 5.22. The monoisotopic (exact) mass is 648 g/mol. The Morgan fingerprint density at radius 3 is 1.22 bits per heavy atom. The van der Waals surface area contributed by atoms with Crippen LogP contribution in [0.5, 0.6) is 0 Å². The molecule has 0 atom stereocenters. The van der Waals surface area contributed by atoms with E-state index in [1.165, 1.54) is 72.1 Å². The molecule has 0 rings (SSSR count). The van der Waals surface area contributed by atoms with Crippen LogP contribution in [0, 0.1) is 21.7 Å². The second-order valence-electron chi connectivity index (χ2n) is 13.5. The predicted octanol–water partition coefficient (Wildman–Crippen LogP) is 4.35. The molecule has 11 nitrogen and oxygen atoms in total. The van der Waals surface area contributed by atoms with Gasteiger partial charge in [-0.1, -0.05) is 78.6 Å². The van der Waals surface area contributed by atoms with Gasteiger partial charge in [0.05, 0.1) is 39.6 Å². The van der Waals surface area contributed by atoms with E-state index in [1.54, 1.807) is 0 Å². The van der Waals surface area contributed by atoms with E-state index in [4.69, 9.17) is 18.9 Å². The fourth-order valence-electron chi connectivity index (χ4n) is 4.39. The fourth-order valence-corrected chi connectivity index (χ4v) is 4.39. The predicted molar refractivity (Wildman–Crippen MR) is 171 cm³/mol. The van der Waals surface area contributed by atoms with Gasteiger partial charge in [-0.25, -0.2) is 0 Å². The molecule has 0 aliphatic rings. The Kier molecular flexibility index (Phi) is 21.8. The van der Waals surface area contributed by atoms with E-state index in [2.05, 4.69) is 6.92 Å². The van der Waals surface area contributed by atoms with Crippen molar-refractivity contribution in [3.05, 3.63) is 0 Å². The summed E-state index contributed by atoms with van der Waals surface area (Å²) < 4.78 is 22.4. The molecule has 45 heavy (non-hydrogen) atoms. The maximum atomic E-state index is 13.5. The third-order valence-electron chi connectivity index (χ3n) is 8.98. The Morgan fingerprint density at radius 1 is 0.489 bits per heavy atom. The molecule has 0 aliphatic heterocycles. The minimum absolute atomic E-state index is 0.0321. The summed E-state index contributed by atoms with van der Waals surface area (Å²) in [6, 6.07) is 0. The normalized spacial score (nSPS) is 12.7. The highest BCUT2D eigenvalue weighted by Crippen LogP contribution is 2.31. The van der Waals surface area contributed by atoms with Gasteiger partial charge in [0.25, 0.3) is 0 Å². The molecule has 0 heterocycles. The molecule has 0 unspecified atom stereocenters. The van der Waals surface area contributed by atoms with Crippen LogP contribution >= 0.6 is 0 Å². The third-order valence-corrected chi connectivity index (χ3v) is 8.98. The molecule has 11 heteroatoms. The SMILES string of the molecule is CCCCCCCCCCCCOCC(CC)(CC)COC(=O)C(C)(COC(=O)C(C)(CO)CO)COC(=O)C(C)(CO)CO. The van der Waals surface area contributed by atoms with Crippen molar-refractivity contribution in [1.82, 2.24) is 0 Å². The van der Waals surface area contributed by atoms with Gasteiger partial charge in [-0.15, -0.1) is 0 Å². The van der Waals surface area contributed by atoms with E-state index < -0.39 is 79.2 Å². The number of hydrogen-bond donors (Lipinski definition) is 4. The van der Waals surface area contributed by atoms with Crippen molar-refractivity contribution in [2.45, 2.75) is 119 Å². The van der Waals surface area contributed by atoms with Crippen LogP contribution in [0.15, 0.2) is 0 Å². The van der Waals surface area contributed by atoms with E-state index in [1.807, 2.05) is 13.8 Å². The lowest BCUT2D eigenvalue weighted by atomic mass is 9.84. The first kappa shape index (κ1) is 43.2. The lowest BCUT2D eigenvalue weighted by Gasteiger charge is -2.34. The molecule has 0 aliphatic carbocycles. The van der Waals surface area contributed by atoms with Gasteiger partial charge in [0.15, 0.2) is 0 Å². The van der Waals surface area contributed by atoms with Crippen LogP contribution in [0.25, 0.3) is 0 Å². The lowest BCUT2D eigenvalue weighted by Crippen LogP contribution is -2.46. The summed E-state index contributed by atoms with van der Waals surface area (Å²) in [7, 11) is 0. The Morgan fingerprint density at radius 2 is 0.844 bits per heavy atom. The first-order valence-electron chi connectivity index (χ1n) is 16.8. The van der Waals surface area contributed by atoms with Gasteiger partial charge in [0, 0.05) is 12.0 Å². The summed E-state index contributed by atoms with van der Waals surface area (Å²) in [5.41, 5.74) is -5.30. The molecular weight excluding hydrogens is 584 g/mol. The lowest BCUT2D eigenvalue weighted by molar-refractivity contribution is -0.181. The van der Waals surface area contributed by atoms with Gasteiger partial charge < -0.3 is 39.4 Å². The largest absolute Gasteiger partial charge is 0.464 e. The summed E-state index contributed by atoms with van der Waals surface area (Å²) >= 11 is 0. The van der Waals surface area contributed by atoms with Gasteiger partial charge >= 0.3 is 17.9 Å². The van der Waals surface area contributed by atoms with Crippen LogP contribution in [-0.4, -0.2) is 97.8 Å². The zero-order chi connectivity index (χ0) is 34.4. The highest BCUT2D eigenvalue weighted by Gasteiger charge is 2.44. The smallest absolute Gasteiger partial charge is 0.318 e. The number of hydrogen-bond acceptors (Lipinski definition) is 11. The van der Waals surface area contributed by atoms with Crippen molar-refractivity contribution < 1.29 is 53.8 Å². The summed E-state index contributed by atoms with van der Waals surface area (Å²) in [5, 5.41) is 38.2. The minimum Gasteiger partial charge on any atom is -0.464 e. The first-order chi connectivity index (χ1) is 21.3. The number of aliphatic hydroxyl groups is 4. The molecule has 0 aromatic heterocycles. The Hall–Kier alpha value is -1.79. The van der Waals surface area contributed by atoms with Gasteiger partial charge in [0.2, 0.25) is 0 Å². The molecular formula is C34H64O11. The topological polar surface area (TPSA) is 169 Å². The van der Waals surface area contributed by atoms with Crippen molar-refractivity contribution in [1.29, 1.82) is 0 Å². The standard InChI is InChI=1S/C34H64O11/c1-7-10-11-12-13-14-15-16-17-18-19-42-26-34(8-2,9-3)27-45-30(41)33(6,24-43-28(39)31(4,20-35)21-36)25-44-29(40)32(5,22-37)23-38/h35-38H,7-27H2,1-6H3. The van der Waals surface area contributed by atoms with E-state index in [9.17, 15) is 34.8 Å². The molecule has 4 N–H and O–H groups in total. The molecule has 0 spiro atoms. The number of aliphatic hydroxyl groups excluding tert-OH is 4. The van der Waals surface area contributed by atoms with Crippen LogP contribution in [0.3, 0.4) is 0 Å². The summed E-state index contributed by atoms with van der Waals surface area (Å²) in [6.07, 6.45) is 13.7. The van der Waals surface area contributed by atoms with Gasteiger partial charge in [-0.2, -0.15) is 0 Å². The quantitative estimate of drug-likeness (QED) is 0.0541. The maximum Gasteiger partial charge on any atom is 0.318 e. The van der Waals surface area contributed by atoms with E-state index in [0.29, 0.717) is 26.1 Å². The third kappa shape index (κ3) is 15.1. The molecule has 266 valence electrons. The van der Waals surface area contributed by atoms with Crippen LogP contribution in [-0.2, 0) is 33.3 Å². The number of carbonyl (C=O) groups is 3. The Labute approximate surface area is 271 Å². The van der Waals surface area contributed by atoms with E-state index in [0.717, 1.165) is 12.8 Å². The number of ether oxygens (including phenoxy) is 4. The number of esters is 3. The van der Waals surface area contributed by atoms with Crippen LogP contribution < -0.4 is 0 Å².